The van der Waals surface area contributed by atoms with Crippen LogP contribution in [0.15, 0.2) is 48.7 Å². The Hall–Kier alpha value is -2.89. The predicted octanol–water partition coefficient (Wildman–Crippen LogP) is 5.24. The van der Waals surface area contributed by atoms with Crippen LogP contribution in [0.2, 0.25) is 0 Å². The quantitative estimate of drug-likeness (QED) is 0.613. The minimum Gasteiger partial charge on any atom is -0.483 e. The summed E-state index contributed by atoms with van der Waals surface area (Å²) in [5.74, 6) is 0. The second-order valence-electron chi connectivity index (χ2n) is 5.49. The van der Waals surface area contributed by atoms with Gasteiger partial charge >= 0.3 is 6.18 Å². The van der Waals surface area contributed by atoms with Crippen molar-refractivity contribution in [2.45, 2.75) is 20.0 Å². The van der Waals surface area contributed by atoms with Gasteiger partial charge in [-0.2, -0.15) is 13.2 Å². The summed E-state index contributed by atoms with van der Waals surface area (Å²) in [4.78, 5) is 12.4. The Bertz CT molecular complexity index is 905. The summed E-state index contributed by atoms with van der Waals surface area (Å²) in [7, 11) is 0. The average Bonchev–Trinajstić information content (AvgIpc) is 2.56. The molecule has 0 saturated carbocycles. The van der Waals surface area contributed by atoms with Crippen molar-refractivity contribution in [3.8, 4) is 11.1 Å². The Morgan fingerprint density at radius 1 is 1.00 bits per heavy atom. The van der Waals surface area contributed by atoms with Crippen LogP contribution in [0.1, 0.15) is 16.7 Å². The summed E-state index contributed by atoms with van der Waals surface area (Å²) in [5.41, 5.74) is 3.88. The van der Waals surface area contributed by atoms with E-state index in [9.17, 15) is 13.2 Å². The molecule has 1 aromatic heterocycles. The molecule has 0 fully saturated rings. The van der Waals surface area contributed by atoms with E-state index in [0.29, 0.717) is 5.52 Å². The van der Waals surface area contributed by atoms with Gasteiger partial charge in [0.25, 0.3) is 6.47 Å². The van der Waals surface area contributed by atoms with E-state index in [1.165, 1.54) is 11.6 Å². The number of alkyl halides is 3. The van der Waals surface area contributed by atoms with Crippen LogP contribution in [0.3, 0.4) is 0 Å². The molecule has 0 radical (unpaired) electrons. The van der Waals surface area contributed by atoms with Gasteiger partial charge in [0.1, 0.15) is 0 Å². The van der Waals surface area contributed by atoms with Crippen LogP contribution in [0, 0.1) is 13.8 Å². The van der Waals surface area contributed by atoms with Crippen LogP contribution in [-0.4, -0.2) is 16.6 Å². The first-order valence-corrected chi connectivity index (χ1v) is 7.39. The van der Waals surface area contributed by atoms with E-state index in [1.54, 1.807) is 6.20 Å². The number of hydrogen-bond donors (Lipinski definition) is 1. The number of fused-ring (bicyclic) bond motifs is 1. The Balaban J connectivity index is 0.000000701. The van der Waals surface area contributed by atoms with E-state index in [-0.39, 0.29) is 6.47 Å². The van der Waals surface area contributed by atoms with E-state index in [4.69, 9.17) is 9.90 Å². The average molecular weight is 347 g/mol. The smallest absolute Gasteiger partial charge is 0.416 e. The lowest BCUT2D eigenvalue weighted by atomic mass is 9.97. The van der Waals surface area contributed by atoms with Gasteiger partial charge in [-0.3, -0.25) is 9.78 Å². The number of aryl methyl sites for hydroxylation is 2. The number of nitrogens with zero attached hydrogens (tertiary/aromatic N) is 1. The number of hydrogen-bond acceptors (Lipinski definition) is 2. The molecule has 0 aliphatic carbocycles. The standard InChI is InChI=1S/C18H14F3N.CH2O2/c1-11-3-4-13(9-12(11)2)15-7-8-22-17-10-14(18(19,20)21)5-6-16(15)17;2-1-3/h3-10H,1-2H3;1H,(H,2,3). The monoisotopic (exact) mass is 347 g/mol. The number of carboxylic acid groups (broad SMARTS) is 1. The topological polar surface area (TPSA) is 50.2 Å². The molecule has 0 aliphatic heterocycles. The third kappa shape index (κ3) is 4.15. The fraction of sp³-hybridized carbons (Fsp3) is 0.158. The Morgan fingerprint density at radius 2 is 1.68 bits per heavy atom. The summed E-state index contributed by atoms with van der Waals surface area (Å²) < 4.78 is 38.4. The van der Waals surface area contributed by atoms with Crippen molar-refractivity contribution in [3.05, 3.63) is 65.4 Å². The van der Waals surface area contributed by atoms with E-state index >= 15 is 0 Å². The molecule has 1 N–H and O–H groups in total. The van der Waals surface area contributed by atoms with Crippen molar-refractivity contribution in [1.29, 1.82) is 0 Å². The second kappa shape index (κ2) is 7.34. The minimum absolute atomic E-state index is 0.250. The van der Waals surface area contributed by atoms with Crippen LogP contribution in [0.4, 0.5) is 13.2 Å². The maximum atomic E-state index is 12.8. The van der Waals surface area contributed by atoms with E-state index in [2.05, 4.69) is 4.98 Å². The zero-order chi connectivity index (χ0) is 18.6. The molecule has 0 saturated heterocycles. The molecule has 130 valence electrons. The molecule has 0 spiro atoms. The van der Waals surface area contributed by atoms with Gasteiger partial charge < -0.3 is 5.11 Å². The highest BCUT2D eigenvalue weighted by Crippen LogP contribution is 2.34. The Morgan fingerprint density at radius 3 is 2.28 bits per heavy atom. The summed E-state index contributed by atoms with van der Waals surface area (Å²) in [5, 5.41) is 7.61. The number of pyridine rings is 1. The van der Waals surface area contributed by atoms with Crippen LogP contribution in [0.5, 0.6) is 0 Å². The van der Waals surface area contributed by atoms with Crippen molar-refractivity contribution in [3.63, 3.8) is 0 Å². The molecule has 6 heteroatoms. The van der Waals surface area contributed by atoms with Crippen LogP contribution in [-0.2, 0) is 11.0 Å². The largest absolute Gasteiger partial charge is 0.483 e. The van der Waals surface area contributed by atoms with Crippen LogP contribution in [0.25, 0.3) is 22.0 Å². The fourth-order valence-corrected chi connectivity index (χ4v) is 2.49. The normalized spacial score (nSPS) is 10.9. The van der Waals surface area contributed by atoms with Gasteiger partial charge in [0.05, 0.1) is 11.1 Å². The lowest BCUT2D eigenvalue weighted by molar-refractivity contribution is -0.137. The third-order valence-electron chi connectivity index (χ3n) is 3.89. The second-order valence-corrected chi connectivity index (χ2v) is 5.49. The molecule has 1 heterocycles. The van der Waals surface area contributed by atoms with Gasteiger partial charge in [-0.15, -0.1) is 0 Å². The lowest BCUT2D eigenvalue weighted by Gasteiger charge is -2.11. The summed E-state index contributed by atoms with van der Waals surface area (Å²) in [6.07, 6.45) is -2.81. The molecule has 3 aromatic rings. The summed E-state index contributed by atoms with van der Waals surface area (Å²) in [6.45, 7) is 3.79. The van der Waals surface area contributed by atoms with Crippen molar-refractivity contribution in [2.75, 3.05) is 0 Å². The molecule has 25 heavy (non-hydrogen) atoms. The van der Waals surface area contributed by atoms with Gasteiger partial charge in [0.2, 0.25) is 0 Å². The van der Waals surface area contributed by atoms with Crippen LogP contribution < -0.4 is 0 Å². The molecule has 0 bridgehead atoms. The predicted molar refractivity (Wildman–Crippen MR) is 90.3 cm³/mol. The number of carbonyl (C=O) groups is 1. The first kappa shape index (κ1) is 18.4. The SMILES string of the molecule is Cc1ccc(-c2ccnc3cc(C(F)(F)F)ccc23)cc1C.O=CO. The molecule has 0 aliphatic rings. The van der Waals surface area contributed by atoms with Gasteiger partial charge in [-0.05, 0) is 54.3 Å². The first-order valence-electron chi connectivity index (χ1n) is 7.39. The van der Waals surface area contributed by atoms with E-state index in [1.807, 2.05) is 38.1 Å². The number of rotatable bonds is 1. The van der Waals surface area contributed by atoms with E-state index < -0.39 is 11.7 Å². The molecular formula is C19H16F3NO2. The molecule has 0 atom stereocenters. The van der Waals surface area contributed by atoms with Gasteiger partial charge in [0, 0.05) is 11.6 Å². The maximum Gasteiger partial charge on any atom is 0.416 e. The number of halogens is 3. The third-order valence-corrected chi connectivity index (χ3v) is 3.89. The zero-order valence-corrected chi connectivity index (χ0v) is 13.6. The summed E-state index contributed by atoms with van der Waals surface area (Å²) >= 11 is 0. The first-order chi connectivity index (χ1) is 11.8. The van der Waals surface area contributed by atoms with Crippen molar-refractivity contribution >= 4 is 17.4 Å². The minimum atomic E-state index is -4.35. The molecule has 0 amide bonds. The van der Waals surface area contributed by atoms with E-state index in [0.717, 1.165) is 34.2 Å². The highest BCUT2D eigenvalue weighted by Gasteiger charge is 2.30. The molecule has 2 aromatic carbocycles. The maximum absolute atomic E-state index is 12.8. The zero-order valence-electron chi connectivity index (χ0n) is 13.6. The highest BCUT2D eigenvalue weighted by molar-refractivity contribution is 5.94. The van der Waals surface area contributed by atoms with Gasteiger partial charge in [-0.25, -0.2) is 0 Å². The van der Waals surface area contributed by atoms with Gasteiger partial charge in [0.15, 0.2) is 0 Å². The van der Waals surface area contributed by atoms with Crippen molar-refractivity contribution in [1.82, 2.24) is 4.98 Å². The molecular weight excluding hydrogens is 331 g/mol. The van der Waals surface area contributed by atoms with Crippen LogP contribution >= 0.6 is 0 Å². The molecule has 0 unspecified atom stereocenters. The Labute approximate surface area is 142 Å². The number of benzene rings is 2. The Kier molecular flexibility index (Phi) is 5.41. The van der Waals surface area contributed by atoms with Gasteiger partial charge in [-0.1, -0.05) is 24.3 Å². The van der Waals surface area contributed by atoms with Crippen molar-refractivity contribution < 1.29 is 23.1 Å². The van der Waals surface area contributed by atoms with Crippen molar-refractivity contribution in [2.24, 2.45) is 0 Å². The number of aromatic nitrogens is 1. The summed E-state index contributed by atoms with van der Waals surface area (Å²) in [6, 6.07) is 11.6. The lowest BCUT2D eigenvalue weighted by Crippen LogP contribution is -2.04. The molecule has 3 rings (SSSR count). The highest BCUT2D eigenvalue weighted by atomic mass is 19.4. The fourth-order valence-electron chi connectivity index (χ4n) is 2.49. The molecule has 3 nitrogen and oxygen atoms in total.